The average Bonchev–Trinajstić information content (AvgIpc) is 2.28. The van der Waals surface area contributed by atoms with Crippen LogP contribution in [-0.2, 0) is 10.0 Å². The Morgan fingerprint density at radius 2 is 1.83 bits per heavy atom. The Labute approximate surface area is 122 Å². The summed E-state index contributed by atoms with van der Waals surface area (Å²) < 4.78 is 27.4. The molecule has 1 unspecified atom stereocenters. The van der Waals surface area contributed by atoms with E-state index in [-0.39, 0.29) is 17.7 Å². The molecule has 0 aliphatic rings. The van der Waals surface area contributed by atoms with E-state index in [1.54, 1.807) is 0 Å². The standard InChI is InChI=1S/C12H17BrClNO2S/c1-9(7-14)8-18(16,17)15-10(2)11-3-5-12(13)6-4-11/h3-6,9-10,15H,7-8H2,1-2H3/t9?,10-/m1/s1. The van der Waals surface area contributed by atoms with Crippen molar-refractivity contribution >= 4 is 37.6 Å². The molecule has 0 aliphatic carbocycles. The van der Waals surface area contributed by atoms with Gasteiger partial charge in [-0.1, -0.05) is 35.0 Å². The van der Waals surface area contributed by atoms with Gasteiger partial charge in [0.1, 0.15) is 0 Å². The molecule has 0 fully saturated rings. The van der Waals surface area contributed by atoms with Gasteiger partial charge < -0.3 is 0 Å². The minimum Gasteiger partial charge on any atom is -0.212 e. The molecule has 0 heterocycles. The van der Waals surface area contributed by atoms with Gasteiger partial charge in [0.05, 0.1) is 5.75 Å². The highest BCUT2D eigenvalue weighted by Crippen LogP contribution is 2.17. The molecular weight excluding hydrogens is 338 g/mol. The number of alkyl halides is 1. The van der Waals surface area contributed by atoms with Crippen molar-refractivity contribution in [1.29, 1.82) is 0 Å². The molecule has 1 rings (SSSR count). The van der Waals surface area contributed by atoms with Crippen molar-refractivity contribution in [2.75, 3.05) is 11.6 Å². The van der Waals surface area contributed by atoms with E-state index in [0.717, 1.165) is 10.0 Å². The molecule has 1 aromatic carbocycles. The summed E-state index contributed by atoms with van der Waals surface area (Å²) in [6, 6.07) is 7.32. The first kappa shape index (κ1) is 16.0. The van der Waals surface area contributed by atoms with Crippen molar-refractivity contribution in [2.45, 2.75) is 19.9 Å². The molecule has 0 aromatic heterocycles. The van der Waals surface area contributed by atoms with E-state index < -0.39 is 10.0 Å². The van der Waals surface area contributed by atoms with Gasteiger partial charge >= 0.3 is 0 Å². The highest BCUT2D eigenvalue weighted by atomic mass is 79.9. The molecule has 3 nitrogen and oxygen atoms in total. The normalized spacial score (nSPS) is 15.3. The number of halogens is 2. The van der Waals surface area contributed by atoms with E-state index in [2.05, 4.69) is 20.7 Å². The summed E-state index contributed by atoms with van der Waals surface area (Å²) in [5.74, 6) is 0.339. The zero-order valence-corrected chi connectivity index (χ0v) is 13.5. The molecular formula is C12H17BrClNO2S. The molecule has 0 amide bonds. The summed E-state index contributed by atoms with van der Waals surface area (Å²) in [6.07, 6.45) is 0. The summed E-state index contributed by atoms with van der Waals surface area (Å²) in [6.45, 7) is 3.64. The topological polar surface area (TPSA) is 46.2 Å². The van der Waals surface area contributed by atoms with Gasteiger partial charge in [0.25, 0.3) is 0 Å². The summed E-state index contributed by atoms with van der Waals surface area (Å²) >= 11 is 8.98. The molecule has 18 heavy (non-hydrogen) atoms. The zero-order valence-electron chi connectivity index (χ0n) is 10.4. The first-order valence-electron chi connectivity index (χ1n) is 5.65. The number of rotatable bonds is 6. The lowest BCUT2D eigenvalue weighted by Gasteiger charge is -2.16. The predicted octanol–water partition coefficient (Wildman–Crippen LogP) is 3.30. The molecule has 0 saturated heterocycles. The van der Waals surface area contributed by atoms with Gasteiger partial charge in [0.15, 0.2) is 0 Å². The summed E-state index contributed by atoms with van der Waals surface area (Å²) in [7, 11) is -3.30. The Balaban J connectivity index is 2.69. The monoisotopic (exact) mass is 353 g/mol. The molecule has 0 spiro atoms. The van der Waals surface area contributed by atoms with Crippen LogP contribution < -0.4 is 4.72 Å². The van der Waals surface area contributed by atoms with Crippen molar-refractivity contribution < 1.29 is 8.42 Å². The number of hydrogen-bond acceptors (Lipinski definition) is 2. The average molecular weight is 355 g/mol. The van der Waals surface area contributed by atoms with Crippen LogP contribution in [-0.4, -0.2) is 20.1 Å². The maximum absolute atomic E-state index is 11.9. The number of benzene rings is 1. The Hall–Kier alpha value is -0.100. The molecule has 0 radical (unpaired) electrons. The summed E-state index contributed by atoms with van der Waals surface area (Å²) in [5, 5.41) is 0. The highest BCUT2D eigenvalue weighted by molar-refractivity contribution is 9.10. The molecule has 6 heteroatoms. The predicted molar refractivity (Wildman–Crippen MR) is 79.4 cm³/mol. The Morgan fingerprint density at radius 1 is 1.28 bits per heavy atom. The fraction of sp³-hybridized carbons (Fsp3) is 0.500. The van der Waals surface area contributed by atoms with Gasteiger partial charge in [0.2, 0.25) is 10.0 Å². The van der Waals surface area contributed by atoms with E-state index in [1.165, 1.54) is 0 Å². The van der Waals surface area contributed by atoms with Gasteiger partial charge in [-0.25, -0.2) is 13.1 Å². The van der Waals surface area contributed by atoms with Crippen LogP contribution in [0.4, 0.5) is 0 Å². The van der Waals surface area contributed by atoms with Crippen LogP contribution in [0.3, 0.4) is 0 Å². The summed E-state index contributed by atoms with van der Waals surface area (Å²) in [4.78, 5) is 0. The summed E-state index contributed by atoms with van der Waals surface area (Å²) in [5.41, 5.74) is 0.931. The van der Waals surface area contributed by atoms with Crippen molar-refractivity contribution in [3.63, 3.8) is 0 Å². The smallest absolute Gasteiger partial charge is 0.212 e. The van der Waals surface area contributed by atoms with E-state index >= 15 is 0 Å². The largest absolute Gasteiger partial charge is 0.212 e. The van der Waals surface area contributed by atoms with Crippen molar-refractivity contribution in [3.8, 4) is 0 Å². The quantitative estimate of drug-likeness (QED) is 0.797. The van der Waals surface area contributed by atoms with Crippen LogP contribution >= 0.6 is 27.5 Å². The number of sulfonamides is 1. The highest BCUT2D eigenvalue weighted by Gasteiger charge is 2.18. The van der Waals surface area contributed by atoms with Crippen LogP contribution in [0.15, 0.2) is 28.7 Å². The van der Waals surface area contributed by atoms with Crippen molar-refractivity contribution in [3.05, 3.63) is 34.3 Å². The second-order valence-electron chi connectivity index (χ2n) is 4.43. The van der Waals surface area contributed by atoms with Crippen LogP contribution in [0.1, 0.15) is 25.5 Å². The first-order chi connectivity index (χ1) is 8.34. The minimum atomic E-state index is -3.30. The molecule has 0 bridgehead atoms. The van der Waals surface area contributed by atoms with Crippen LogP contribution in [0.5, 0.6) is 0 Å². The number of hydrogen-bond donors (Lipinski definition) is 1. The lowest BCUT2D eigenvalue weighted by molar-refractivity contribution is 0.555. The third-order valence-electron chi connectivity index (χ3n) is 2.49. The van der Waals surface area contributed by atoms with Crippen LogP contribution in [0.2, 0.25) is 0 Å². The van der Waals surface area contributed by atoms with Gasteiger partial charge in [-0.15, -0.1) is 11.6 Å². The molecule has 0 aliphatic heterocycles. The minimum absolute atomic E-state index is 0.0529. The Morgan fingerprint density at radius 3 is 2.33 bits per heavy atom. The zero-order chi connectivity index (χ0) is 13.8. The fourth-order valence-electron chi connectivity index (χ4n) is 1.56. The van der Waals surface area contributed by atoms with Crippen LogP contribution in [0, 0.1) is 5.92 Å². The molecule has 2 atom stereocenters. The first-order valence-corrected chi connectivity index (χ1v) is 8.63. The van der Waals surface area contributed by atoms with E-state index in [9.17, 15) is 8.42 Å². The van der Waals surface area contributed by atoms with E-state index in [4.69, 9.17) is 11.6 Å². The molecule has 1 N–H and O–H groups in total. The third kappa shape index (κ3) is 5.26. The van der Waals surface area contributed by atoms with Gasteiger partial charge in [-0.2, -0.15) is 0 Å². The fourth-order valence-corrected chi connectivity index (χ4v) is 3.70. The van der Waals surface area contributed by atoms with Crippen molar-refractivity contribution in [1.82, 2.24) is 4.72 Å². The van der Waals surface area contributed by atoms with E-state index in [0.29, 0.717) is 5.88 Å². The maximum Gasteiger partial charge on any atom is 0.212 e. The lowest BCUT2D eigenvalue weighted by atomic mass is 10.1. The SMILES string of the molecule is CC(CCl)CS(=O)(=O)N[C@H](C)c1ccc(Br)cc1. The molecule has 0 saturated carbocycles. The maximum atomic E-state index is 11.9. The van der Waals surface area contributed by atoms with Gasteiger partial charge in [-0.3, -0.25) is 0 Å². The number of nitrogens with one attached hydrogen (secondary N) is 1. The molecule has 102 valence electrons. The third-order valence-corrected chi connectivity index (χ3v) is 5.27. The lowest BCUT2D eigenvalue weighted by Crippen LogP contribution is -2.31. The van der Waals surface area contributed by atoms with Crippen LogP contribution in [0.25, 0.3) is 0 Å². The van der Waals surface area contributed by atoms with E-state index in [1.807, 2.05) is 38.1 Å². The van der Waals surface area contributed by atoms with Crippen molar-refractivity contribution in [2.24, 2.45) is 5.92 Å². The Bertz CT molecular complexity index is 475. The second-order valence-corrected chi connectivity index (χ2v) is 7.45. The Kier molecular flexibility index (Phi) is 6.11. The van der Waals surface area contributed by atoms with Gasteiger partial charge in [0, 0.05) is 16.4 Å². The molecule has 1 aromatic rings. The van der Waals surface area contributed by atoms with Gasteiger partial charge in [-0.05, 0) is 30.5 Å². The second kappa shape index (κ2) is 6.89.